The third kappa shape index (κ3) is 3.27. The molecule has 2 atom stereocenters. The molecule has 1 aliphatic heterocycles. The van der Waals surface area contributed by atoms with Gasteiger partial charge in [-0.3, -0.25) is 0 Å². The number of ether oxygens (including phenoxy) is 2. The minimum Gasteiger partial charge on any atom is -0.448 e. The van der Waals surface area contributed by atoms with Gasteiger partial charge in [-0.15, -0.1) is 0 Å². The van der Waals surface area contributed by atoms with Gasteiger partial charge in [0, 0.05) is 13.1 Å². The van der Waals surface area contributed by atoms with Gasteiger partial charge in [0.25, 0.3) is 0 Å². The van der Waals surface area contributed by atoms with Gasteiger partial charge >= 0.3 is 12.2 Å². The molecule has 1 fully saturated rings. The van der Waals surface area contributed by atoms with E-state index in [0.29, 0.717) is 24.9 Å². The lowest BCUT2D eigenvalue weighted by molar-refractivity contribution is -0.0640. The first-order valence-electron chi connectivity index (χ1n) is 6.39. The average molecular weight is 258 g/mol. The number of amides is 2. The second kappa shape index (κ2) is 6.47. The highest BCUT2D eigenvalue weighted by atomic mass is 16.6. The third-order valence-electron chi connectivity index (χ3n) is 3.14. The average Bonchev–Trinajstić information content (AvgIpc) is 2.32. The summed E-state index contributed by atoms with van der Waals surface area (Å²) in [5.74, 6) is 0.639. The smallest absolute Gasteiger partial charge is 0.428 e. The van der Waals surface area contributed by atoms with Crippen LogP contribution in [0.2, 0.25) is 0 Å². The van der Waals surface area contributed by atoms with Gasteiger partial charge in [0.05, 0.1) is 13.2 Å². The zero-order valence-electron chi connectivity index (χ0n) is 11.5. The van der Waals surface area contributed by atoms with Crippen LogP contribution in [0.4, 0.5) is 9.59 Å². The number of carbonyl (C=O) groups excluding carboxylic acids is 2. The largest absolute Gasteiger partial charge is 0.448 e. The summed E-state index contributed by atoms with van der Waals surface area (Å²) < 4.78 is 9.92. The predicted molar refractivity (Wildman–Crippen MR) is 65.8 cm³/mol. The van der Waals surface area contributed by atoms with E-state index in [2.05, 4.69) is 13.8 Å². The number of hydrogen-bond acceptors (Lipinski definition) is 4. The number of rotatable bonds is 2. The molecule has 104 valence electrons. The Morgan fingerprint density at radius 1 is 0.944 bits per heavy atom. The van der Waals surface area contributed by atoms with E-state index >= 15 is 0 Å². The van der Waals surface area contributed by atoms with Crippen molar-refractivity contribution in [1.29, 1.82) is 0 Å². The van der Waals surface area contributed by atoms with Crippen LogP contribution in [-0.2, 0) is 9.47 Å². The van der Waals surface area contributed by atoms with Crippen LogP contribution in [0.5, 0.6) is 0 Å². The van der Waals surface area contributed by atoms with Crippen molar-refractivity contribution in [1.82, 2.24) is 10.0 Å². The number of nitrogens with zero attached hydrogens (tertiary/aromatic N) is 2. The Hall–Kier alpha value is -1.46. The summed E-state index contributed by atoms with van der Waals surface area (Å²) in [5, 5.41) is 2.68. The van der Waals surface area contributed by atoms with Gasteiger partial charge in [-0.25, -0.2) is 19.6 Å². The second-order valence-corrected chi connectivity index (χ2v) is 4.52. The van der Waals surface area contributed by atoms with Crippen molar-refractivity contribution in [3.63, 3.8) is 0 Å². The van der Waals surface area contributed by atoms with Gasteiger partial charge in [-0.1, -0.05) is 13.8 Å². The molecule has 18 heavy (non-hydrogen) atoms. The topological polar surface area (TPSA) is 59.1 Å². The first-order chi connectivity index (χ1) is 8.51. The van der Waals surface area contributed by atoms with E-state index in [4.69, 9.17) is 9.47 Å². The fourth-order valence-corrected chi connectivity index (χ4v) is 1.84. The van der Waals surface area contributed by atoms with Crippen molar-refractivity contribution < 1.29 is 19.1 Å². The van der Waals surface area contributed by atoms with E-state index in [9.17, 15) is 9.59 Å². The van der Waals surface area contributed by atoms with Crippen molar-refractivity contribution >= 4 is 12.2 Å². The predicted octanol–water partition coefficient (Wildman–Crippen LogP) is 2.10. The number of carbonyl (C=O) groups is 2. The van der Waals surface area contributed by atoms with Crippen LogP contribution in [0.15, 0.2) is 0 Å². The molecule has 2 amide bonds. The lowest BCUT2D eigenvalue weighted by Gasteiger charge is -2.42. The monoisotopic (exact) mass is 258 g/mol. The molecule has 0 spiro atoms. The molecule has 0 N–H and O–H groups in total. The van der Waals surface area contributed by atoms with Gasteiger partial charge < -0.3 is 9.47 Å². The van der Waals surface area contributed by atoms with Crippen molar-refractivity contribution in [2.24, 2.45) is 11.8 Å². The molecule has 0 unspecified atom stereocenters. The fourth-order valence-electron chi connectivity index (χ4n) is 1.84. The van der Waals surface area contributed by atoms with Gasteiger partial charge in [-0.2, -0.15) is 0 Å². The van der Waals surface area contributed by atoms with Crippen LogP contribution in [0.3, 0.4) is 0 Å². The molecular formula is C12H22N2O4. The van der Waals surface area contributed by atoms with Crippen LogP contribution in [0.25, 0.3) is 0 Å². The lowest BCUT2D eigenvalue weighted by atomic mass is 9.94. The van der Waals surface area contributed by atoms with Gasteiger partial charge in [0.1, 0.15) is 0 Å². The molecule has 6 nitrogen and oxygen atoms in total. The summed E-state index contributed by atoms with van der Waals surface area (Å²) in [7, 11) is 0. The SMILES string of the molecule is CCOC(=O)N1C[C@@H](C)[C@H](C)CN1C(=O)OCC. The Kier molecular flexibility index (Phi) is 5.25. The first kappa shape index (κ1) is 14.6. The summed E-state index contributed by atoms with van der Waals surface area (Å²) >= 11 is 0. The maximum atomic E-state index is 11.8. The minimum absolute atomic E-state index is 0.288. The second-order valence-electron chi connectivity index (χ2n) is 4.52. The molecule has 1 aliphatic rings. The molecule has 0 bridgehead atoms. The Morgan fingerprint density at radius 3 is 1.56 bits per heavy atom. The third-order valence-corrected chi connectivity index (χ3v) is 3.14. The van der Waals surface area contributed by atoms with Gasteiger partial charge in [-0.05, 0) is 25.7 Å². The Labute approximate surface area is 108 Å². The maximum absolute atomic E-state index is 11.8. The molecule has 0 aromatic rings. The van der Waals surface area contributed by atoms with E-state index in [1.807, 2.05) is 0 Å². The van der Waals surface area contributed by atoms with Crippen LogP contribution < -0.4 is 0 Å². The Balaban J connectivity index is 2.80. The molecule has 1 heterocycles. The zero-order chi connectivity index (χ0) is 13.7. The summed E-state index contributed by atoms with van der Waals surface area (Å²) in [6, 6.07) is 0. The van der Waals surface area contributed by atoms with Crippen molar-refractivity contribution in [2.45, 2.75) is 27.7 Å². The highest BCUT2D eigenvalue weighted by Gasteiger charge is 2.36. The highest BCUT2D eigenvalue weighted by Crippen LogP contribution is 2.23. The quantitative estimate of drug-likeness (QED) is 0.761. The molecule has 0 aromatic carbocycles. The molecule has 6 heteroatoms. The maximum Gasteiger partial charge on any atom is 0.428 e. The lowest BCUT2D eigenvalue weighted by Crippen LogP contribution is -2.58. The molecule has 1 rings (SSSR count). The fraction of sp³-hybridized carbons (Fsp3) is 0.833. The summed E-state index contributed by atoms with van der Waals surface area (Å²) in [6.07, 6.45) is -0.992. The van der Waals surface area contributed by atoms with Crippen molar-refractivity contribution in [2.75, 3.05) is 26.3 Å². The Bertz CT molecular complexity index is 278. The van der Waals surface area contributed by atoms with Gasteiger partial charge in [0.2, 0.25) is 0 Å². The summed E-state index contributed by atoms with van der Waals surface area (Å²) in [4.78, 5) is 23.6. The zero-order valence-corrected chi connectivity index (χ0v) is 11.5. The van der Waals surface area contributed by atoms with Crippen LogP contribution >= 0.6 is 0 Å². The van der Waals surface area contributed by atoms with E-state index in [-0.39, 0.29) is 13.2 Å². The highest BCUT2D eigenvalue weighted by molar-refractivity contribution is 5.74. The van der Waals surface area contributed by atoms with Crippen LogP contribution in [-0.4, -0.2) is 48.5 Å². The van der Waals surface area contributed by atoms with E-state index in [1.165, 1.54) is 10.0 Å². The summed E-state index contributed by atoms with van der Waals surface area (Å²) in [5.41, 5.74) is 0. The molecule has 0 aliphatic carbocycles. The molecule has 1 saturated heterocycles. The molecule has 0 saturated carbocycles. The normalized spacial score (nSPS) is 23.8. The van der Waals surface area contributed by atoms with Crippen LogP contribution in [0, 0.1) is 11.8 Å². The number of hydrogen-bond donors (Lipinski definition) is 0. The van der Waals surface area contributed by atoms with Crippen LogP contribution in [0.1, 0.15) is 27.7 Å². The van der Waals surface area contributed by atoms with Crippen molar-refractivity contribution in [3.05, 3.63) is 0 Å². The molecule has 0 aromatic heterocycles. The Morgan fingerprint density at radius 2 is 1.28 bits per heavy atom. The van der Waals surface area contributed by atoms with Crippen molar-refractivity contribution in [3.8, 4) is 0 Å². The van der Waals surface area contributed by atoms with E-state index in [1.54, 1.807) is 13.8 Å². The standard InChI is InChI=1S/C12H22N2O4/c1-5-17-11(15)13-7-9(3)10(4)8-14(13)12(16)18-6-2/h9-10H,5-8H2,1-4H3/t9-,10-/m1/s1. The molecular weight excluding hydrogens is 236 g/mol. The van der Waals surface area contributed by atoms with Gasteiger partial charge in [0.15, 0.2) is 0 Å². The first-order valence-corrected chi connectivity index (χ1v) is 6.39. The van der Waals surface area contributed by atoms with E-state index < -0.39 is 12.2 Å². The number of hydrazine groups is 1. The summed E-state index contributed by atoms with van der Waals surface area (Å²) in [6.45, 7) is 9.10. The van der Waals surface area contributed by atoms with E-state index in [0.717, 1.165) is 0 Å². The minimum atomic E-state index is -0.496. The molecule has 0 radical (unpaired) electrons.